The SMILES string of the molecule is CC1CCC(C(C)C)C(OC(=O)COC(=O)c2c3c(nc4ccccc24)CCCC3)C1. The topological polar surface area (TPSA) is 65.5 Å². The van der Waals surface area contributed by atoms with Gasteiger partial charge in [-0.2, -0.15) is 0 Å². The standard InChI is InChI=1S/C26H33NO4/c1-16(2)18-13-12-17(3)14-23(18)31-24(28)15-30-26(29)25-19-8-4-6-10-21(19)27-22-11-7-5-9-20(22)25/h4,6,8,10,16-18,23H,5,7,9,11-15H2,1-3H3. The predicted molar refractivity (Wildman–Crippen MR) is 120 cm³/mol. The van der Waals surface area contributed by atoms with Crippen LogP contribution in [0.4, 0.5) is 0 Å². The van der Waals surface area contributed by atoms with Gasteiger partial charge in [0.25, 0.3) is 0 Å². The number of carbonyl (C=O) groups excluding carboxylic acids is 2. The van der Waals surface area contributed by atoms with E-state index >= 15 is 0 Å². The lowest BCUT2D eigenvalue weighted by Gasteiger charge is -2.36. The van der Waals surface area contributed by atoms with Crippen LogP contribution < -0.4 is 0 Å². The van der Waals surface area contributed by atoms with Gasteiger partial charge in [0, 0.05) is 11.1 Å². The first kappa shape index (κ1) is 21.8. The fourth-order valence-corrected chi connectivity index (χ4v) is 5.26. The van der Waals surface area contributed by atoms with Crippen LogP contribution >= 0.6 is 0 Å². The Morgan fingerprint density at radius 2 is 1.90 bits per heavy atom. The van der Waals surface area contributed by atoms with Crippen LogP contribution in [0.5, 0.6) is 0 Å². The summed E-state index contributed by atoms with van der Waals surface area (Å²) in [5.74, 6) is 0.469. The zero-order valence-electron chi connectivity index (χ0n) is 18.9. The normalized spacial score (nSPS) is 23.4. The van der Waals surface area contributed by atoms with Crippen molar-refractivity contribution in [1.29, 1.82) is 0 Å². The van der Waals surface area contributed by atoms with Crippen molar-refractivity contribution in [2.45, 2.75) is 71.8 Å². The lowest BCUT2D eigenvalue weighted by Crippen LogP contribution is -2.36. The summed E-state index contributed by atoms with van der Waals surface area (Å²) in [6.45, 7) is 6.22. The van der Waals surface area contributed by atoms with E-state index in [2.05, 4.69) is 20.8 Å². The van der Waals surface area contributed by atoms with E-state index in [0.717, 1.165) is 60.7 Å². The number of ether oxygens (including phenoxy) is 2. The molecule has 2 aromatic rings. The second kappa shape index (κ2) is 9.37. The molecule has 2 aliphatic rings. The highest BCUT2D eigenvalue weighted by molar-refractivity contribution is 6.05. The van der Waals surface area contributed by atoms with Crippen molar-refractivity contribution in [3.63, 3.8) is 0 Å². The summed E-state index contributed by atoms with van der Waals surface area (Å²) < 4.78 is 11.3. The molecule has 1 heterocycles. The van der Waals surface area contributed by atoms with Crippen LogP contribution in [0.2, 0.25) is 0 Å². The zero-order chi connectivity index (χ0) is 22.0. The van der Waals surface area contributed by atoms with Crippen LogP contribution in [0.1, 0.15) is 74.5 Å². The highest BCUT2D eigenvalue weighted by atomic mass is 16.6. The van der Waals surface area contributed by atoms with Gasteiger partial charge in [-0.3, -0.25) is 4.98 Å². The molecule has 0 saturated heterocycles. The molecule has 3 atom stereocenters. The molecule has 1 aromatic heterocycles. The van der Waals surface area contributed by atoms with Crippen LogP contribution in [-0.2, 0) is 27.1 Å². The number of carbonyl (C=O) groups is 2. The molecule has 0 bridgehead atoms. The first-order valence-electron chi connectivity index (χ1n) is 11.7. The van der Waals surface area contributed by atoms with E-state index in [9.17, 15) is 9.59 Å². The number of pyridine rings is 1. The number of para-hydroxylation sites is 1. The van der Waals surface area contributed by atoms with Gasteiger partial charge in [0.05, 0.1) is 11.1 Å². The van der Waals surface area contributed by atoms with Gasteiger partial charge in [-0.15, -0.1) is 0 Å². The monoisotopic (exact) mass is 423 g/mol. The van der Waals surface area contributed by atoms with Gasteiger partial charge in [-0.25, -0.2) is 9.59 Å². The van der Waals surface area contributed by atoms with Crippen LogP contribution in [-0.4, -0.2) is 29.6 Å². The fourth-order valence-electron chi connectivity index (χ4n) is 5.26. The predicted octanol–water partition coefficient (Wildman–Crippen LogP) is 5.27. The smallest absolute Gasteiger partial charge is 0.344 e. The number of fused-ring (bicyclic) bond motifs is 2. The van der Waals surface area contributed by atoms with Crippen molar-refractivity contribution < 1.29 is 19.1 Å². The summed E-state index contributed by atoms with van der Waals surface area (Å²) in [4.78, 5) is 30.4. The third kappa shape index (κ3) is 4.76. The number of aryl methyl sites for hydroxylation is 1. The van der Waals surface area contributed by atoms with E-state index in [1.165, 1.54) is 6.42 Å². The van der Waals surface area contributed by atoms with Crippen LogP contribution in [0, 0.1) is 17.8 Å². The van der Waals surface area contributed by atoms with Gasteiger partial charge in [0.1, 0.15) is 6.10 Å². The summed E-state index contributed by atoms with van der Waals surface area (Å²) in [6.07, 6.45) is 6.84. The molecule has 0 radical (unpaired) electrons. The molecular formula is C26H33NO4. The van der Waals surface area contributed by atoms with Crippen molar-refractivity contribution >= 4 is 22.8 Å². The van der Waals surface area contributed by atoms with E-state index in [1.807, 2.05) is 24.3 Å². The first-order valence-corrected chi connectivity index (χ1v) is 11.7. The number of nitrogens with zero attached hydrogens (tertiary/aromatic N) is 1. The van der Waals surface area contributed by atoms with Gasteiger partial charge in [0.2, 0.25) is 0 Å². The quantitative estimate of drug-likeness (QED) is 0.613. The Kier molecular flexibility index (Phi) is 6.59. The molecule has 0 N–H and O–H groups in total. The minimum atomic E-state index is -0.453. The van der Waals surface area contributed by atoms with Gasteiger partial charge in [-0.1, -0.05) is 45.4 Å². The van der Waals surface area contributed by atoms with Crippen LogP contribution in [0.15, 0.2) is 24.3 Å². The molecule has 1 aromatic carbocycles. The maximum Gasteiger partial charge on any atom is 0.344 e. The Morgan fingerprint density at radius 3 is 2.71 bits per heavy atom. The summed E-state index contributed by atoms with van der Waals surface area (Å²) >= 11 is 0. The van der Waals surface area contributed by atoms with E-state index < -0.39 is 11.9 Å². The maximum atomic E-state index is 13.1. The lowest BCUT2D eigenvalue weighted by atomic mass is 9.75. The maximum absolute atomic E-state index is 13.1. The molecule has 5 heteroatoms. The number of esters is 2. The minimum absolute atomic E-state index is 0.0931. The van der Waals surface area contributed by atoms with Gasteiger partial charge >= 0.3 is 11.9 Å². The third-order valence-corrected chi connectivity index (χ3v) is 6.94. The molecule has 1 saturated carbocycles. The van der Waals surface area contributed by atoms with Crippen molar-refractivity contribution in [3.8, 4) is 0 Å². The number of hydrogen-bond acceptors (Lipinski definition) is 5. The van der Waals surface area contributed by atoms with E-state index in [0.29, 0.717) is 23.3 Å². The number of aromatic nitrogens is 1. The summed E-state index contributed by atoms with van der Waals surface area (Å²) in [7, 11) is 0. The first-order chi connectivity index (χ1) is 14.9. The van der Waals surface area contributed by atoms with Gasteiger partial charge < -0.3 is 9.47 Å². The Morgan fingerprint density at radius 1 is 1.13 bits per heavy atom. The minimum Gasteiger partial charge on any atom is -0.460 e. The average molecular weight is 424 g/mol. The van der Waals surface area contributed by atoms with Gasteiger partial charge in [0.15, 0.2) is 6.61 Å². The molecule has 31 heavy (non-hydrogen) atoms. The largest absolute Gasteiger partial charge is 0.460 e. The second-order valence-electron chi connectivity index (χ2n) is 9.57. The Balaban J connectivity index is 1.48. The molecule has 2 aliphatic carbocycles. The highest BCUT2D eigenvalue weighted by Gasteiger charge is 2.33. The molecular weight excluding hydrogens is 390 g/mol. The molecule has 166 valence electrons. The molecule has 0 spiro atoms. The molecule has 3 unspecified atom stereocenters. The van der Waals surface area contributed by atoms with Crippen LogP contribution in [0.25, 0.3) is 10.9 Å². The Hall–Kier alpha value is -2.43. The van der Waals surface area contributed by atoms with E-state index in [-0.39, 0.29) is 12.7 Å². The highest BCUT2D eigenvalue weighted by Crippen LogP contribution is 2.35. The molecule has 4 rings (SSSR count). The summed E-state index contributed by atoms with van der Waals surface area (Å²) in [5.41, 5.74) is 3.33. The number of hydrogen-bond donors (Lipinski definition) is 0. The second-order valence-corrected chi connectivity index (χ2v) is 9.57. The molecule has 0 amide bonds. The Bertz CT molecular complexity index is 967. The van der Waals surface area contributed by atoms with E-state index in [1.54, 1.807) is 0 Å². The van der Waals surface area contributed by atoms with Crippen LogP contribution in [0.3, 0.4) is 0 Å². The lowest BCUT2D eigenvalue weighted by molar-refractivity contribution is -0.159. The van der Waals surface area contributed by atoms with Crippen molar-refractivity contribution in [2.75, 3.05) is 6.61 Å². The van der Waals surface area contributed by atoms with Crippen molar-refractivity contribution in [2.24, 2.45) is 17.8 Å². The van der Waals surface area contributed by atoms with Crippen molar-refractivity contribution in [3.05, 3.63) is 41.1 Å². The summed E-state index contributed by atoms with van der Waals surface area (Å²) in [6, 6.07) is 7.66. The molecule has 5 nitrogen and oxygen atoms in total. The zero-order valence-corrected chi connectivity index (χ0v) is 18.9. The number of benzene rings is 1. The van der Waals surface area contributed by atoms with E-state index in [4.69, 9.17) is 14.5 Å². The van der Waals surface area contributed by atoms with Gasteiger partial charge in [-0.05, 0) is 67.9 Å². The van der Waals surface area contributed by atoms with Crippen molar-refractivity contribution in [1.82, 2.24) is 4.98 Å². The fraction of sp³-hybridized carbons (Fsp3) is 0.577. The molecule has 1 fully saturated rings. The molecule has 0 aliphatic heterocycles. The third-order valence-electron chi connectivity index (χ3n) is 6.94. The summed E-state index contributed by atoms with van der Waals surface area (Å²) in [5, 5.41) is 0.794. The number of rotatable bonds is 5. The Labute approximate surface area is 184 Å². The average Bonchev–Trinajstić information content (AvgIpc) is 2.75.